The molecular weight excluding hydrogens is 280 g/mol. The summed E-state index contributed by atoms with van der Waals surface area (Å²) in [6.07, 6.45) is 2.53. The van der Waals surface area contributed by atoms with Crippen LogP contribution in [0.1, 0.15) is 44.6 Å². The van der Waals surface area contributed by atoms with Crippen LogP contribution in [0.2, 0.25) is 5.02 Å². The summed E-state index contributed by atoms with van der Waals surface area (Å²) in [5.41, 5.74) is -0.194. The fourth-order valence-electron chi connectivity index (χ4n) is 1.94. The summed E-state index contributed by atoms with van der Waals surface area (Å²) in [7, 11) is 0. The quantitative estimate of drug-likeness (QED) is 0.878. The Balaban J connectivity index is 2.98. The minimum absolute atomic E-state index is 0.382. The molecule has 0 saturated heterocycles. The number of carbonyl (C=O) groups excluding carboxylic acids is 1. The number of halogens is 1. The number of aliphatic carboxylic acids is 1. The van der Waals surface area contributed by atoms with Gasteiger partial charge in [-0.05, 0) is 17.9 Å². The molecule has 20 heavy (non-hydrogen) atoms. The first-order chi connectivity index (χ1) is 9.16. The summed E-state index contributed by atoms with van der Waals surface area (Å²) >= 11 is 5.92. The van der Waals surface area contributed by atoms with E-state index in [1.54, 1.807) is 37.6 Å². The number of nitrogens with zero attached hydrogens (tertiary/aromatic N) is 1. The number of amides is 1. The van der Waals surface area contributed by atoms with Crippen molar-refractivity contribution in [2.45, 2.75) is 46.7 Å². The van der Waals surface area contributed by atoms with Crippen LogP contribution in [0.4, 0.5) is 0 Å². The molecule has 0 bridgehead atoms. The molecule has 1 heterocycles. The Morgan fingerprint density at radius 3 is 2.50 bits per heavy atom. The highest BCUT2D eigenvalue weighted by Gasteiger charge is 2.33. The average molecular weight is 301 g/mol. The van der Waals surface area contributed by atoms with Gasteiger partial charge in [-0.25, -0.2) is 4.79 Å². The van der Waals surface area contributed by atoms with Crippen molar-refractivity contribution in [3.8, 4) is 0 Å². The van der Waals surface area contributed by atoms with Crippen LogP contribution in [-0.4, -0.2) is 27.6 Å². The second-order valence-electron chi connectivity index (χ2n) is 5.85. The molecule has 1 amide bonds. The molecule has 112 valence electrons. The lowest BCUT2D eigenvalue weighted by Gasteiger charge is -2.27. The van der Waals surface area contributed by atoms with E-state index in [4.69, 9.17) is 11.6 Å². The molecule has 6 heteroatoms. The van der Waals surface area contributed by atoms with Crippen LogP contribution in [0.3, 0.4) is 0 Å². The molecule has 1 aromatic rings. The Kier molecular flexibility index (Phi) is 5.22. The van der Waals surface area contributed by atoms with E-state index in [0.29, 0.717) is 17.3 Å². The van der Waals surface area contributed by atoms with Gasteiger partial charge in [-0.15, -0.1) is 0 Å². The minimum Gasteiger partial charge on any atom is -0.480 e. The molecule has 0 spiro atoms. The number of hydrogen-bond donors (Lipinski definition) is 2. The van der Waals surface area contributed by atoms with Crippen molar-refractivity contribution in [2.75, 3.05) is 0 Å². The zero-order valence-corrected chi connectivity index (χ0v) is 13.0. The number of carbonyl (C=O) groups is 2. The van der Waals surface area contributed by atoms with E-state index < -0.39 is 23.3 Å². The molecule has 1 rings (SSSR count). The van der Waals surface area contributed by atoms with E-state index in [9.17, 15) is 14.7 Å². The van der Waals surface area contributed by atoms with E-state index in [2.05, 4.69) is 5.32 Å². The Morgan fingerprint density at radius 1 is 1.45 bits per heavy atom. The summed E-state index contributed by atoms with van der Waals surface area (Å²) in [6.45, 7) is 7.95. The van der Waals surface area contributed by atoms with Gasteiger partial charge in [0.1, 0.15) is 11.7 Å². The van der Waals surface area contributed by atoms with E-state index >= 15 is 0 Å². The van der Waals surface area contributed by atoms with Gasteiger partial charge in [-0.2, -0.15) is 0 Å². The predicted molar refractivity (Wildman–Crippen MR) is 78.1 cm³/mol. The molecule has 0 aliphatic heterocycles. The third-order valence-electron chi connectivity index (χ3n) is 2.95. The lowest BCUT2D eigenvalue weighted by atomic mass is 9.86. The van der Waals surface area contributed by atoms with Gasteiger partial charge in [-0.3, -0.25) is 4.79 Å². The normalized spacial score (nSPS) is 13.1. The van der Waals surface area contributed by atoms with E-state index in [-0.39, 0.29) is 0 Å². The number of carboxylic acids is 1. The number of aromatic nitrogens is 1. The Bertz CT molecular complexity index is 503. The highest BCUT2D eigenvalue weighted by atomic mass is 35.5. The second-order valence-corrected chi connectivity index (χ2v) is 6.28. The van der Waals surface area contributed by atoms with Crippen molar-refractivity contribution in [3.05, 3.63) is 23.0 Å². The molecule has 1 atom stereocenters. The van der Waals surface area contributed by atoms with E-state index in [1.807, 2.05) is 6.92 Å². The molecule has 0 aliphatic rings. The van der Waals surface area contributed by atoms with Gasteiger partial charge in [-0.1, -0.05) is 39.3 Å². The molecular formula is C14H21ClN2O3. The van der Waals surface area contributed by atoms with Crippen LogP contribution in [0.5, 0.6) is 0 Å². The Hall–Kier alpha value is -1.49. The van der Waals surface area contributed by atoms with Crippen molar-refractivity contribution < 1.29 is 14.7 Å². The summed E-state index contributed by atoms with van der Waals surface area (Å²) < 4.78 is 1.74. The van der Waals surface area contributed by atoms with Gasteiger partial charge in [0.15, 0.2) is 0 Å². The number of nitrogens with one attached hydrogen (secondary N) is 1. The Morgan fingerprint density at radius 2 is 2.05 bits per heavy atom. The largest absolute Gasteiger partial charge is 0.480 e. The number of carboxylic acid groups (broad SMARTS) is 1. The molecule has 0 saturated carbocycles. The van der Waals surface area contributed by atoms with Crippen LogP contribution < -0.4 is 5.32 Å². The van der Waals surface area contributed by atoms with Crippen LogP contribution in [-0.2, 0) is 11.3 Å². The summed E-state index contributed by atoms with van der Waals surface area (Å²) in [6, 6.07) is 0.590. The number of rotatable bonds is 5. The lowest BCUT2D eigenvalue weighted by Crippen LogP contribution is -2.49. The highest BCUT2D eigenvalue weighted by Crippen LogP contribution is 2.21. The maximum absolute atomic E-state index is 12.3. The molecule has 5 nitrogen and oxygen atoms in total. The van der Waals surface area contributed by atoms with E-state index in [1.165, 1.54) is 0 Å². The molecule has 2 N–H and O–H groups in total. The van der Waals surface area contributed by atoms with Crippen molar-refractivity contribution in [1.29, 1.82) is 0 Å². The SMILES string of the molecule is CCCn1cc(Cl)cc1C(=O)N[C@@H](C(=O)O)C(C)(C)C. The van der Waals surface area contributed by atoms with Gasteiger partial charge in [0.2, 0.25) is 0 Å². The second kappa shape index (κ2) is 6.31. The fraction of sp³-hybridized carbons (Fsp3) is 0.571. The first-order valence-corrected chi connectivity index (χ1v) is 6.94. The van der Waals surface area contributed by atoms with E-state index in [0.717, 1.165) is 6.42 Å². The van der Waals surface area contributed by atoms with Crippen molar-refractivity contribution in [2.24, 2.45) is 5.41 Å². The maximum Gasteiger partial charge on any atom is 0.326 e. The Labute approximate surface area is 123 Å². The average Bonchev–Trinajstić information content (AvgIpc) is 2.65. The summed E-state index contributed by atoms with van der Waals surface area (Å²) in [5.74, 6) is -1.47. The van der Waals surface area contributed by atoms with Crippen LogP contribution >= 0.6 is 11.6 Å². The molecule has 0 radical (unpaired) electrons. The summed E-state index contributed by atoms with van der Waals surface area (Å²) in [5, 5.41) is 12.3. The molecule has 0 unspecified atom stereocenters. The first-order valence-electron chi connectivity index (χ1n) is 6.56. The third-order valence-corrected chi connectivity index (χ3v) is 3.16. The zero-order valence-electron chi connectivity index (χ0n) is 12.2. The molecule has 0 fully saturated rings. The predicted octanol–water partition coefficient (Wildman–Crippen LogP) is 2.78. The van der Waals surface area contributed by atoms with Crippen LogP contribution in [0, 0.1) is 5.41 Å². The molecule has 0 aromatic carbocycles. The minimum atomic E-state index is -1.05. The van der Waals surface area contributed by atoms with Gasteiger partial charge >= 0.3 is 5.97 Å². The van der Waals surface area contributed by atoms with Gasteiger partial charge < -0.3 is 15.0 Å². The monoisotopic (exact) mass is 300 g/mol. The molecule has 0 aliphatic carbocycles. The van der Waals surface area contributed by atoms with Gasteiger partial charge in [0, 0.05) is 12.7 Å². The topological polar surface area (TPSA) is 71.3 Å². The van der Waals surface area contributed by atoms with Crippen LogP contribution in [0.25, 0.3) is 0 Å². The summed E-state index contributed by atoms with van der Waals surface area (Å²) in [4.78, 5) is 23.5. The maximum atomic E-state index is 12.3. The van der Waals surface area contributed by atoms with Crippen molar-refractivity contribution >= 4 is 23.5 Å². The van der Waals surface area contributed by atoms with Crippen molar-refractivity contribution in [3.63, 3.8) is 0 Å². The van der Waals surface area contributed by atoms with Crippen molar-refractivity contribution in [1.82, 2.24) is 9.88 Å². The van der Waals surface area contributed by atoms with Gasteiger partial charge in [0.25, 0.3) is 5.91 Å². The zero-order chi connectivity index (χ0) is 15.5. The van der Waals surface area contributed by atoms with Crippen LogP contribution in [0.15, 0.2) is 12.3 Å². The van der Waals surface area contributed by atoms with Gasteiger partial charge in [0.05, 0.1) is 5.02 Å². The lowest BCUT2D eigenvalue weighted by molar-refractivity contribution is -0.142. The smallest absolute Gasteiger partial charge is 0.326 e. The standard InChI is InChI=1S/C14H21ClN2O3/c1-5-6-17-8-9(15)7-10(17)12(18)16-11(13(19)20)14(2,3)4/h7-8,11H,5-6H2,1-4H3,(H,16,18)(H,19,20)/t11-/m0/s1. The first kappa shape index (κ1) is 16.6. The number of hydrogen-bond acceptors (Lipinski definition) is 2. The molecule has 1 aromatic heterocycles. The fourth-order valence-corrected chi connectivity index (χ4v) is 2.17. The third kappa shape index (κ3) is 4.00. The highest BCUT2D eigenvalue weighted by molar-refractivity contribution is 6.31. The number of aryl methyl sites for hydroxylation is 1.